The van der Waals surface area contributed by atoms with Gasteiger partial charge in [0.15, 0.2) is 0 Å². The molecule has 1 heterocycles. The normalized spacial score (nSPS) is 10.5. The number of carboxylic acid groups (broad SMARTS) is 1. The highest BCUT2D eigenvalue weighted by Gasteiger charge is 2.18. The van der Waals surface area contributed by atoms with Crippen molar-refractivity contribution in [2.24, 2.45) is 0 Å². The quantitative estimate of drug-likeness (QED) is 0.781. The highest BCUT2D eigenvalue weighted by atomic mass is 32.1. The van der Waals surface area contributed by atoms with Gasteiger partial charge in [-0.2, -0.15) is 0 Å². The minimum Gasteiger partial charge on any atom is -0.497 e. The summed E-state index contributed by atoms with van der Waals surface area (Å²) in [5.74, 6) is 0.406. The largest absolute Gasteiger partial charge is 0.497 e. The number of hydrogen-bond donors (Lipinski definition) is 1. The summed E-state index contributed by atoms with van der Waals surface area (Å²) < 4.78 is 11.1. The van der Waals surface area contributed by atoms with E-state index in [1.165, 1.54) is 0 Å². The van der Waals surface area contributed by atoms with Crippen molar-refractivity contribution in [3.8, 4) is 22.1 Å². The lowest BCUT2D eigenvalue weighted by Crippen LogP contribution is -1.98. The topological polar surface area (TPSA) is 68.7 Å². The first-order chi connectivity index (χ1) is 10.6. The van der Waals surface area contributed by atoms with Crippen molar-refractivity contribution in [3.05, 3.63) is 28.8 Å². The van der Waals surface area contributed by atoms with Crippen molar-refractivity contribution in [2.45, 2.75) is 26.7 Å². The summed E-state index contributed by atoms with van der Waals surface area (Å²) in [6.07, 6.45) is 1.99. The molecule has 6 heteroatoms. The van der Waals surface area contributed by atoms with Crippen LogP contribution < -0.4 is 9.47 Å². The minimum atomic E-state index is -0.955. The number of ether oxygens (including phenoxy) is 2. The van der Waals surface area contributed by atoms with Crippen LogP contribution in [0.3, 0.4) is 0 Å². The van der Waals surface area contributed by atoms with Crippen molar-refractivity contribution in [1.82, 2.24) is 4.98 Å². The van der Waals surface area contributed by atoms with E-state index in [2.05, 4.69) is 11.9 Å². The van der Waals surface area contributed by atoms with Crippen molar-refractivity contribution < 1.29 is 19.4 Å². The first kappa shape index (κ1) is 16.3. The van der Waals surface area contributed by atoms with Crippen LogP contribution in [-0.4, -0.2) is 29.8 Å². The number of aromatic carboxylic acids is 1. The number of thiazole rings is 1. The first-order valence-corrected chi connectivity index (χ1v) is 7.90. The Labute approximate surface area is 133 Å². The number of carbonyl (C=O) groups is 1. The molecule has 1 aromatic heterocycles. The van der Waals surface area contributed by atoms with Crippen LogP contribution in [0.1, 0.15) is 35.1 Å². The van der Waals surface area contributed by atoms with E-state index in [-0.39, 0.29) is 4.88 Å². The molecule has 0 saturated heterocycles. The Morgan fingerprint density at radius 3 is 2.77 bits per heavy atom. The Hall–Kier alpha value is -2.08. The van der Waals surface area contributed by atoms with E-state index in [1.807, 2.05) is 18.2 Å². The molecule has 0 amide bonds. The number of benzene rings is 1. The van der Waals surface area contributed by atoms with Gasteiger partial charge in [0, 0.05) is 6.07 Å². The van der Waals surface area contributed by atoms with Crippen LogP contribution in [0.15, 0.2) is 18.2 Å². The maximum Gasteiger partial charge on any atom is 0.347 e. The average molecular weight is 321 g/mol. The number of aromatic nitrogens is 1. The van der Waals surface area contributed by atoms with Gasteiger partial charge in [-0.25, -0.2) is 9.78 Å². The Morgan fingerprint density at radius 1 is 1.41 bits per heavy atom. The maximum absolute atomic E-state index is 11.2. The summed E-state index contributed by atoms with van der Waals surface area (Å²) >= 11 is 1.16. The summed E-state index contributed by atoms with van der Waals surface area (Å²) in [6, 6.07) is 5.48. The fourth-order valence-corrected chi connectivity index (χ4v) is 2.90. The molecule has 118 valence electrons. The average Bonchev–Trinajstić information content (AvgIpc) is 2.89. The van der Waals surface area contributed by atoms with Gasteiger partial charge in [0.2, 0.25) is 0 Å². The van der Waals surface area contributed by atoms with Gasteiger partial charge in [0.25, 0.3) is 0 Å². The molecule has 0 atom stereocenters. The monoisotopic (exact) mass is 321 g/mol. The molecule has 0 aliphatic rings. The van der Waals surface area contributed by atoms with E-state index in [9.17, 15) is 4.79 Å². The number of methoxy groups -OCH3 is 1. The molecule has 0 aliphatic carbocycles. The summed E-state index contributed by atoms with van der Waals surface area (Å²) in [7, 11) is 1.60. The molecule has 0 saturated carbocycles. The number of unbranched alkanes of at least 4 members (excludes halogenated alkanes) is 1. The van der Waals surface area contributed by atoms with Gasteiger partial charge < -0.3 is 14.6 Å². The number of carboxylic acids is 1. The predicted molar refractivity (Wildman–Crippen MR) is 86.2 cm³/mol. The summed E-state index contributed by atoms with van der Waals surface area (Å²) in [6.45, 7) is 4.40. The molecule has 1 N–H and O–H groups in total. The standard InChI is InChI=1S/C16H19NO4S/c1-4-5-8-21-13-9-11(20-3)6-7-12(13)15-17-10(2)14(22-15)16(18)19/h6-7,9H,4-5,8H2,1-3H3,(H,18,19). The van der Waals surface area contributed by atoms with Crippen molar-refractivity contribution in [3.63, 3.8) is 0 Å². The van der Waals surface area contributed by atoms with Gasteiger partial charge in [-0.15, -0.1) is 11.3 Å². The minimum absolute atomic E-state index is 0.255. The number of nitrogens with zero attached hydrogens (tertiary/aromatic N) is 1. The molecule has 2 aromatic rings. The highest BCUT2D eigenvalue weighted by molar-refractivity contribution is 7.17. The van der Waals surface area contributed by atoms with Crippen molar-refractivity contribution in [2.75, 3.05) is 13.7 Å². The van der Waals surface area contributed by atoms with Crippen LogP contribution in [0, 0.1) is 6.92 Å². The molecular formula is C16H19NO4S. The molecular weight excluding hydrogens is 302 g/mol. The van der Waals surface area contributed by atoms with Gasteiger partial charge in [-0.3, -0.25) is 0 Å². The van der Waals surface area contributed by atoms with Crippen LogP contribution in [0.4, 0.5) is 0 Å². The Morgan fingerprint density at radius 2 is 2.18 bits per heavy atom. The fourth-order valence-electron chi connectivity index (χ4n) is 1.96. The highest BCUT2D eigenvalue weighted by Crippen LogP contribution is 2.37. The van der Waals surface area contributed by atoms with Gasteiger partial charge in [0.05, 0.1) is 25.0 Å². The van der Waals surface area contributed by atoms with Crippen LogP contribution in [0.5, 0.6) is 11.5 Å². The second-order valence-electron chi connectivity index (χ2n) is 4.80. The number of hydrogen-bond acceptors (Lipinski definition) is 5. The molecule has 0 radical (unpaired) electrons. The lowest BCUT2D eigenvalue weighted by molar-refractivity contribution is 0.0701. The fraction of sp³-hybridized carbons (Fsp3) is 0.375. The molecule has 5 nitrogen and oxygen atoms in total. The van der Waals surface area contributed by atoms with E-state index < -0.39 is 5.97 Å². The van der Waals surface area contributed by atoms with Crippen LogP contribution >= 0.6 is 11.3 Å². The first-order valence-electron chi connectivity index (χ1n) is 7.08. The molecule has 0 unspecified atom stereocenters. The summed E-state index contributed by atoms with van der Waals surface area (Å²) in [5, 5.41) is 9.81. The van der Waals surface area contributed by atoms with Crippen LogP contribution in [0.25, 0.3) is 10.6 Å². The number of aryl methyl sites for hydroxylation is 1. The van der Waals surface area contributed by atoms with E-state index in [1.54, 1.807) is 14.0 Å². The SMILES string of the molecule is CCCCOc1cc(OC)ccc1-c1nc(C)c(C(=O)O)s1. The van der Waals surface area contributed by atoms with Gasteiger partial charge >= 0.3 is 5.97 Å². The molecule has 0 bridgehead atoms. The zero-order valence-electron chi connectivity index (χ0n) is 12.9. The predicted octanol–water partition coefficient (Wildman–Crippen LogP) is 4.00. The molecule has 1 aromatic carbocycles. The molecule has 2 rings (SSSR count). The van der Waals surface area contributed by atoms with Crippen molar-refractivity contribution in [1.29, 1.82) is 0 Å². The Balaban J connectivity index is 2.40. The van der Waals surface area contributed by atoms with E-state index >= 15 is 0 Å². The third kappa shape index (κ3) is 3.57. The lowest BCUT2D eigenvalue weighted by atomic mass is 10.2. The van der Waals surface area contributed by atoms with Crippen LogP contribution in [-0.2, 0) is 0 Å². The molecule has 0 aliphatic heterocycles. The smallest absolute Gasteiger partial charge is 0.347 e. The Kier molecular flexibility index (Phi) is 5.38. The lowest BCUT2D eigenvalue weighted by Gasteiger charge is -2.11. The molecule has 0 spiro atoms. The third-order valence-electron chi connectivity index (χ3n) is 3.17. The van der Waals surface area contributed by atoms with Gasteiger partial charge in [-0.05, 0) is 25.5 Å². The summed E-state index contributed by atoms with van der Waals surface area (Å²) in [5.41, 5.74) is 1.31. The zero-order valence-corrected chi connectivity index (χ0v) is 13.7. The van der Waals surface area contributed by atoms with Gasteiger partial charge in [0.1, 0.15) is 21.4 Å². The van der Waals surface area contributed by atoms with Crippen molar-refractivity contribution >= 4 is 17.3 Å². The van der Waals surface area contributed by atoms with E-state index in [4.69, 9.17) is 14.6 Å². The summed E-state index contributed by atoms with van der Waals surface area (Å²) in [4.78, 5) is 15.8. The van der Waals surface area contributed by atoms with Crippen LogP contribution in [0.2, 0.25) is 0 Å². The zero-order chi connectivity index (χ0) is 16.1. The molecule has 22 heavy (non-hydrogen) atoms. The second-order valence-corrected chi connectivity index (χ2v) is 5.80. The Bertz CT molecular complexity index is 666. The second kappa shape index (κ2) is 7.26. The number of rotatable bonds is 7. The third-order valence-corrected chi connectivity index (χ3v) is 4.34. The van der Waals surface area contributed by atoms with E-state index in [0.717, 1.165) is 29.7 Å². The van der Waals surface area contributed by atoms with E-state index in [0.29, 0.717) is 28.8 Å². The molecule has 0 fully saturated rings. The van der Waals surface area contributed by atoms with Gasteiger partial charge in [-0.1, -0.05) is 13.3 Å². The maximum atomic E-state index is 11.2.